The van der Waals surface area contributed by atoms with Gasteiger partial charge < -0.3 is 9.13 Å². The number of rotatable bonds is 8. The minimum atomic E-state index is -0.146. The predicted octanol–water partition coefficient (Wildman–Crippen LogP) is 28.0. The molecule has 119 heavy (non-hydrogen) atoms. The molecule has 4 aromatic heterocycles. The van der Waals surface area contributed by atoms with Crippen molar-refractivity contribution in [3.05, 3.63) is 360 Å². The SMILES string of the molecule is CC1(C)c2ccccc2-c2ccc(-c3nc(-c4ccccc4)nc(-c4cccc(-n5c6ccccc6c6c7c(ccc65)-c5ccccc5C(C)(C)C7(C)C)c4)n3)cc2C1(C)C.CC1(C)c2ccccc2-c2ccc(-c3nc(-c4ccccc4)nc(-c4cccc(-n5c6ccccc6c6cc7c(cc65)C(C)(C)C(C)(C)c5ccccc5-7)c4)n3)cc21. The topological polar surface area (TPSA) is 87.2 Å². The van der Waals surface area contributed by atoms with E-state index in [2.05, 4.69) is 385 Å². The summed E-state index contributed by atoms with van der Waals surface area (Å²) in [6.07, 6.45) is 0. The van der Waals surface area contributed by atoms with Crippen LogP contribution in [0, 0.1) is 0 Å². The number of hydrogen-bond acceptors (Lipinski definition) is 6. The smallest absolute Gasteiger partial charge is 0.164 e. The van der Waals surface area contributed by atoms with E-state index in [0.717, 1.165) is 44.8 Å². The third-order valence-corrected chi connectivity index (χ3v) is 29.2. The molecule has 8 heteroatoms. The number of hydrogen-bond donors (Lipinski definition) is 0. The van der Waals surface area contributed by atoms with Gasteiger partial charge in [0.25, 0.3) is 0 Å². The van der Waals surface area contributed by atoms with Crippen LogP contribution in [0.5, 0.6) is 0 Å². The molecule has 22 rings (SSSR count). The Morgan fingerprint density at radius 3 is 1.04 bits per heavy atom. The fraction of sp³-hybridized carbons (Fsp3) is 0.189. The van der Waals surface area contributed by atoms with Crippen LogP contribution in [0.1, 0.15) is 141 Å². The lowest BCUT2D eigenvalue weighted by molar-refractivity contribution is 0.299. The Labute approximate surface area is 697 Å². The Morgan fingerprint density at radius 1 is 0.193 bits per heavy atom. The highest BCUT2D eigenvalue weighted by Gasteiger charge is 2.50. The first-order chi connectivity index (χ1) is 57.3. The summed E-state index contributed by atoms with van der Waals surface area (Å²) < 4.78 is 4.86. The minimum absolute atomic E-state index is 0.0630. The van der Waals surface area contributed by atoms with Crippen molar-refractivity contribution in [3.8, 4) is 124 Å². The van der Waals surface area contributed by atoms with Crippen molar-refractivity contribution in [1.29, 1.82) is 0 Å². The van der Waals surface area contributed by atoms with Crippen molar-refractivity contribution in [2.75, 3.05) is 0 Å². The maximum Gasteiger partial charge on any atom is 0.164 e. The van der Waals surface area contributed by atoms with E-state index in [-0.39, 0.29) is 37.9 Å². The van der Waals surface area contributed by atoms with E-state index >= 15 is 0 Å². The van der Waals surface area contributed by atoms with E-state index in [1.54, 1.807) is 0 Å². The summed E-state index contributed by atoms with van der Waals surface area (Å²) in [7, 11) is 0. The van der Waals surface area contributed by atoms with Crippen LogP contribution in [0.2, 0.25) is 0 Å². The molecule has 14 aromatic carbocycles. The van der Waals surface area contributed by atoms with E-state index < -0.39 is 0 Å². The first kappa shape index (κ1) is 73.3. The number of nitrogens with zero attached hydrogens (tertiary/aromatic N) is 8. The van der Waals surface area contributed by atoms with E-state index in [9.17, 15) is 0 Å². The maximum atomic E-state index is 5.31. The Morgan fingerprint density at radius 2 is 0.529 bits per heavy atom. The third-order valence-electron chi connectivity index (χ3n) is 29.2. The van der Waals surface area contributed by atoms with E-state index in [4.69, 9.17) is 29.9 Å². The van der Waals surface area contributed by atoms with Crippen molar-refractivity contribution in [3.63, 3.8) is 0 Å². The number of para-hydroxylation sites is 2. The van der Waals surface area contributed by atoms with Gasteiger partial charge in [0, 0.05) is 77.1 Å². The predicted molar refractivity (Wildman–Crippen MR) is 493 cm³/mol. The highest BCUT2D eigenvalue weighted by Crippen LogP contribution is 2.60. The van der Waals surface area contributed by atoms with Gasteiger partial charge in [0.15, 0.2) is 34.9 Å². The average molecular weight is 1540 g/mol. The van der Waals surface area contributed by atoms with Crippen LogP contribution in [0.25, 0.3) is 168 Å². The molecule has 0 saturated heterocycles. The van der Waals surface area contributed by atoms with Crippen molar-refractivity contribution < 1.29 is 0 Å². The fourth-order valence-corrected chi connectivity index (χ4v) is 20.6. The van der Waals surface area contributed by atoms with Gasteiger partial charge >= 0.3 is 0 Å². The minimum Gasteiger partial charge on any atom is -0.309 e. The Kier molecular flexibility index (Phi) is 16.2. The quantitative estimate of drug-likeness (QED) is 0.151. The Bertz CT molecular complexity index is 7260. The molecule has 0 radical (unpaired) electrons. The van der Waals surface area contributed by atoms with Gasteiger partial charge in [-0.3, -0.25) is 0 Å². The molecule has 0 unspecified atom stereocenters. The fourth-order valence-electron chi connectivity index (χ4n) is 20.6. The molecule has 0 amide bonds. The van der Waals surface area contributed by atoms with E-state index in [1.165, 1.54) is 133 Å². The molecule has 18 aromatic rings. The zero-order valence-corrected chi connectivity index (χ0v) is 70.1. The van der Waals surface area contributed by atoms with Crippen LogP contribution in [-0.2, 0) is 37.9 Å². The van der Waals surface area contributed by atoms with Crippen LogP contribution < -0.4 is 0 Å². The molecule has 4 aliphatic carbocycles. The molecule has 4 aliphatic rings. The van der Waals surface area contributed by atoms with Crippen LogP contribution >= 0.6 is 0 Å². The molecule has 0 spiro atoms. The lowest BCUT2D eigenvalue weighted by atomic mass is 9.55. The molecule has 4 heterocycles. The van der Waals surface area contributed by atoms with Gasteiger partial charge in [-0.05, 0) is 183 Å². The molecule has 0 atom stereocenters. The second-order valence-corrected chi connectivity index (χ2v) is 37.0. The zero-order chi connectivity index (χ0) is 81.6. The highest BCUT2D eigenvalue weighted by molar-refractivity contribution is 6.14. The molecular formula is C111H94N8. The monoisotopic (exact) mass is 1540 g/mol. The lowest BCUT2D eigenvalue weighted by Crippen LogP contribution is -2.43. The molecule has 0 aliphatic heterocycles. The van der Waals surface area contributed by atoms with E-state index in [1.807, 2.05) is 36.4 Å². The van der Waals surface area contributed by atoms with Crippen molar-refractivity contribution >= 4 is 43.6 Å². The summed E-state index contributed by atoms with van der Waals surface area (Å²) in [4.78, 5) is 31.2. The summed E-state index contributed by atoms with van der Waals surface area (Å²) in [5.41, 5.74) is 33.3. The van der Waals surface area contributed by atoms with Crippen LogP contribution in [0.4, 0.5) is 0 Å². The van der Waals surface area contributed by atoms with Crippen molar-refractivity contribution in [1.82, 2.24) is 39.0 Å². The number of aromatic nitrogens is 8. The molecule has 0 N–H and O–H groups in total. The normalized spacial score (nSPS) is 15.9. The average Bonchev–Trinajstić information content (AvgIpc) is 1.27. The largest absolute Gasteiger partial charge is 0.309 e. The summed E-state index contributed by atoms with van der Waals surface area (Å²) in [6.45, 7) is 33.4. The standard InChI is InChI=1S/C57H50N4.C54H44N4/c1-54(2)44-26-15-12-23-39(44)41-30-29-37(34-46(41)56(54,5)6)53-59-51(35-19-10-9-11-20-35)58-52(60-53)36-21-18-22-38(33-36)61-47-28-17-14-25-43(47)49-48(61)32-31-42-40-24-13-16-27-45(40)55(3,4)57(7,8)50(42)49;1-52(2)43-24-13-10-21-37(43)39-28-27-35(30-45(39)52)51-56-49(33-17-8-7-9-18-33)55-50(57-51)34-19-16-20-36(29-34)58-47-26-15-12-23-40(47)42-31-41-38-22-11-14-25-44(38)53(3,4)54(5,6)46(41)32-48(42)58/h9-34H,1-8H3;7-32H,1-6H3. The van der Waals surface area contributed by atoms with Crippen molar-refractivity contribution in [2.24, 2.45) is 0 Å². The lowest BCUT2D eigenvalue weighted by Gasteiger charge is -2.48. The number of fused-ring (bicyclic) bond motifs is 19. The number of benzene rings is 14. The first-order valence-electron chi connectivity index (χ1n) is 42.0. The maximum absolute atomic E-state index is 5.31. The summed E-state index contributed by atoms with van der Waals surface area (Å²) >= 11 is 0. The first-order valence-corrected chi connectivity index (χ1v) is 42.0. The van der Waals surface area contributed by atoms with Gasteiger partial charge in [-0.15, -0.1) is 0 Å². The molecule has 8 nitrogen and oxygen atoms in total. The Hall–Kier alpha value is -13.3. The summed E-state index contributed by atoms with van der Waals surface area (Å²) in [5.74, 6) is 3.93. The van der Waals surface area contributed by atoms with Crippen LogP contribution in [-0.4, -0.2) is 39.0 Å². The summed E-state index contributed by atoms with van der Waals surface area (Å²) in [5, 5.41) is 5.07. The van der Waals surface area contributed by atoms with E-state index in [0.29, 0.717) is 34.9 Å². The van der Waals surface area contributed by atoms with Gasteiger partial charge in [-0.2, -0.15) is 0 Å². The Balaban J connectivity index is 0.000000148. The second-order valence-electron chi connectivity index (χ2n) is 37.0. The van der Waals surface area contributed by atoms with Gasteiger partial charge in [-0.25, -0.2) is 29.9 Å². The second kappa shape index (κ2) is 26.4. The third kappa shape index (κ3) is 10.9. The van der Waals surface area contributed by atoms with Crippen molar-refractivity contribution in [2.45, 2.75) is 135 Å². The van der Waals surface area contributed by atoms with Gasteiger partial charge in [-0.1, -0.05) is 346 Å². The summed E-state index contributed by atoms with van der Waals surface area (Å²) in [6, 6.07) is 114. The molecular weight excluding hydrogens is 1450 g/mol. The molecule has 0 fully saturated rings. The van der Waals surface area contributed by atoms with Gasteiger partial charge in [0.1, 0.15) is 0 Å². The van der Waals surface area contributed by atoms with Gasteiger partial charge in [0.2, 0.25) is 0 Å². The van der Waals surface area contributed by atoms with Crippen LogP contribution in [0.3, 0.4) is 0 Å². The van der Waals surface area contributed by atoms with Crippen LogP contribution in [0.15, 0.2) is 315 Å². The zero-order valence-electron chi connectivity index (χ0n) is 70.1. The highest BCUT2D eigenvalue weighted by atomic mass is 15.1. The molecule has 0 saturated carbocycles. The molecule has 578 valence electrons. The molecule has 0 bridgehead atoms. The van der Waals surface area contributed by atoms with Gasteiger partial charge in [0.05, 0.1) is 22.1 Å².